The molecule has 84 valence electrons. The summed E-state index contributed by atoms with van der Waals surface area (Å²) in [6.07, 6.45) is 1.11. The van der Waals surface area contributed by atoms with Gasteiger partial charge >= 0.3 is 0 Å². The molecule has 4 nitrogen and oxygen atoms in total. The summed E-state index contributed by atoms with van der Waals surface area (Å²) in [5.41, 5.74) is 0.919. The number of aliphatic hydroxyl groups excluding tert-OH is 1. The van der Waals surface area contributed by atoms with Crippen molar-refractivity contribution in [1.29, 1.82) is 0 Å². The van der Waals surface area contributed by atoms with Gasteiger partial charge in [0.15, 0.2) is 5.16 Å². The topological polar surface area (TPSA) is 50.9 Å². The Hall–Kier alpha value is -1.33. The third kappa shape index (κ3) is 2.43. The van der Waals surface area contributed by atoms with Crippen LogP contribution in [0, 0.1) is 0 Å². The number of nitrogens with zero attached hydrogens (tertiary/aromatic N) is 3. The van der Waals surface area contributed by atoms with Crippen LogP contribution in [0.4, 0.5) is 0 Å². The number of aromatic nitrogens is 3. The number of hydrogen-bond acceptors (Lipinski definition) is 4. The fourth-order valence-corrected chi connectivity index (χ4v) is 2.06. The summed E-state index contributed by atoms with van der Waals surface area (Å²) < 4.78 is 1.73. The summed E-state index contributed by atoms with van der Waals surface area (Å²) in [5, 5.41) is 14.2. The second kappa shape index (κ2) is 4.67. The predicted molar refractivity (Wildman–Crippen MR) is 62.2 cm³/mol. The van der Waals surface area contributed by atoms with Crippen LogP contribution in [-0.2, 0) is 7.05 Å². The van der Waals surface area contributed by atoms with Crippen LogP contribution in [0.15, 0.2) is 40.6 Å². The van der Waals surface area contributed by atoms with E-state index in [1.54, 1.807) is 23.4 Å². The SMILES string of the molecule is CC(O)c1ccc(Sc2ncnn2C)cc1. The maximum Gasteiger partial charge on any atom is 0.190 e. The van der Waals surface area contributed by atoms with Crippen LogP contribution in [0.1, 0.15) is 18.6 Å². The highest BCUT2D eigenvalue weighted by Gasteiger charge is 2.04. The molecule has 0 aliphatic rings. The van der Waals surface area contributed by atoms with Crippen molar-refractivity contribution in [1.82, 2.24) is 14.8 Å². The van der Waals surface area contributed by atoms with E-state index in [0.29, 0.717) is 0 Å². The zero-order valence-corrected chi connectivity index (χ0v) is 9.98. The fourth-order valence-electron chi connectivity index (χ4n) is 1.30. The largest absolute Gasteiger partial charge is 0.389 e. The molecule has 1 heterocycles. The number of aliphatic hydroxyl groups is 1. The molecule has 2 aromatic rings. The summed E-state index contributed by atoms with van der Waals surface area (Å²) in [5.74, 6) is 0. The lowest BCUT2D eigenvalue weighted by molar-refractivity contribution is 0.199. The Morgan fingerprint density at radius 1 is 1.31 bits per heavy atom. The molecule has 1 aromatic heterocycles. The lowest BCUT2D eigenvalue weighted by Gasteiger charge is -2.05. The van der Waals surface area contributed by atoms with Crippen LogP contribution in [0.25, 0.3) is 0 Å². The average molecular weight is 235 g/mol. The number of aryl methyl sites for hydroxylation is 1. The highest BCUT2D eigenvalue weighted by atomic mass is 32.2. The Bertz CT molecular complexity index is 464. The number of rotatable bonds is 3. The highest BCUT2D eigenvalue weighted by molar-refractivity contribution is 7.99. The number of benzene rings is 1. The van der Waals surface area contributed by atoms with Crippen LogP contribution in [0.2, 0.25) is 0 Å². The standard InChI is InChI=1S/C11H13N3OS/c1-8(15)9-3-5-10(6-4-9)16-11-12-7-13-14(11)2/h3-8,15H,1-2H3. The van der Waals surface area contributed by atoms with Crippen molar-refractivity contribution >= 4 is 11.8 Å². The monoisotopic (exact) mass is 235 g/mol. The van der Waals surface area contributed by atoms with Gasteiger partial charge in [-0.05, 0) is 24.6 Å². The molecule has 0 aliphatic heterocycles. The van der Waals surface area contributed by atoms with E-state index in [1.165, 1.54) is 6.33 Å². The van der Waals surface area contributed by atoms with E-state index in [9.17, 15) is 5.11 Å². The Balaban J connectivity index is 2.14. The molecule has 0 radical (unpaired) electrons. The van der Waals surface area contributed by atoms with Crippen molar-refractivity contribution in [2.45, 2.75) is 23.1 Å². The molecule has 1 atom stereocenters. The molecule has 0 spiro atoms. The molecule has 1 aromatic carbocycles. The van der Waals surface area contributed by atoms with Gasteiger partial charge in [0.2, 0.25) is 0 Å². The fraction of sp³-hybridized carbons (Fsp3) is 0.273. The smallest absolute Gasteiger partial charge is 0.190 e. The van der Waals surface area contributed by atoms with Gasteiger partial charge in [-0.25, -0.2) is 9.67 Å². The summed E-state index contributed by atoms with van der Waals surface area (Å²) in [4.78, 5) is 5.22. The summed E-state index contributed by atoms with van der Waals surface area (Å²) in [6.45, 7) is 1.75. The lowest BCUT2D eigenvalue weighted by atomic mass is 10.1. The minimum atomic E-state index is -0.422. The molecule has 0 aliphatic carbocycles. The molecule has 2 rings (SSSR count). The van der Waals surface area contributed by atoms with Crippen molar-refractivity contribution in [3.63, 3.8) is 0 Å². The molecule has 1 N–H and O–H groups in total. The number of hydrogen-bond donors (Lipinski definition) is 1. The zero-order valence-electron chi connectivity index (χ0n) is 9.16. The van der Waals surface area contributed by atoms with Crippen LogP contribution in [0.3, 0.4) is 0 Å². The van der Waals surface area contributed by atoms with Gasteiger partial charge in [-0.15, -0.1) is 0 Å². The van der Waals surface area contributed by atoms with E-state index < -0.39 is 6.10 Å². The van der Waals surface area contributed by atoms with Gasteiger partial charge in [0, 0.05) is 11.9 Å². The van der Waals surface area contributed by atoms with Gasteiger partial charge in [-0.1, -0.05) is 23.9 Å². The van der Waals surface area contributed by atoms with E-state index in [2.05, 4.69) is 10.1 Å². The molecule has 0 fully saturated rings. The van der Waals surface area contributed by atoms with E-state index in [1.807, 2.05) is 31.3 Å². The molecule has 0 amide bonds. The molecular weight excluding hydrogens is 222 g/mol. The second-order valence-corrected chi connectivity index (χ2v) is 4.55. The molecule has 5 heteroatoms. The molecule has 0 bridgehead atoms. The minimum absolute atomic E-state index is 0.422. The Labute approximate surface area is 98.3 Å². The molecule has 0 saturated heterocycles. The second-order valence-electron chi connectivity index (χ2n) is 3.51. The Morgan fingerprint density at radius 3 is 2.50 bits per heavy atom. The van der Waals surface area contributed by atoms with E-state index in [-0.39, 0.29) is 0 Å². The van der Waals surface area contributed by atoms with Gasteiger partial charge in [0.1, 0.15) is 6.33 Å². The van der Waals surface area contributed by atoms with Gasteiger partial charge in [0.05, 0.1) is 6.10 Å². The third-order valence-electron chi connectivity index (χ3n) is 2.24. The van der Waals surface area contributed by atoms with Crippen LogP contribution in [-0.4, -0.2) is 19.9 Å². The average Bonchev–Trinajstić information content (AvgIpc) is 2.65. The van der Waals surface area contributed by atoms with Crippen LogP contribution >= 0.6 is 11.8 Å². The van der Waals surface area contributed by atoms with Crippen LogP contribution in [0.5, 0.6) is 0 Å². The van der Waals surface area contributed by atoms with Gasteiger partial charge in [-0.3, -0.25) is 0 Å². The van der Waals surface area contributed by atoms with Crippen LogP contribution < -0.4 is 0 Å². The summed E-state index contributed by atoms with van der Waals surface area (Å²) in [7, 11) is 1.86. The van der Waals surface area contributed by atoms with Crippen molar-refractivity contribution in [3.05, 3.63) is 36.2 Å². The van der Waals surface area contributed by atoms with Gasteiger partial charge in [-0.2, -0.15) is 5.10 Å². The normalized spacial score (nSPS) is 12.7. The Morgan fingerprint density at radius 2 is 2.00 bits per heavy atom. The van der Waals surface area contributed by atoms with E-state index in [4.69, 9.17) is 0 Å². The first kappa shape index (κ1) is 11.2. The molecule has 0 saturated carbocycles. The lowest BCUT2D eigenvalue weighted by Crippen LogP contribution is -1.93. The van der Waals surface area contributed by atoms with Crippen molar-refractivity contribution in [2.75, 3.05) is 0 Å². The van der Waals surface area contributed by atoms with E-state index in [0.717, 1.165) is 15.6 Å². The highest BCUT2D eigenvalue weighted by Crippen LogP contribution is 2.26. The first-order valence-electron chi connectivity index (χ1n) is 4.96. The first-order valence-corrected chi connectivity index (χ1v) is 5.78. The summed E-state index contributed by atoms with van der Waals surface area (Å²) in [6, 6.07) is 7.79. The van der Waals surface area contributed by atoms with Crippen molar-refractivity contribution in [3.8, 4) is 0 Å². The van der Waals surface area contributed by atoms with Gasteiger partial charge in [0.25, 0.3) is 0 Å². The summed E-state index contributed by atoms with van der Waals surface area (Å²) >= 11 is 1.55. The Kier molecular flexibility index (Phi) is 3.26. The first-order chi connectivity index (χ1) is 7.66. The zero-order chi connectivity index (χ0) is 11.5. The van der Waals surface area contributed by atoms with Crippen molar-refractivity contribution < 1.29 is 5.11 Å². The molecule has 16 heavy (non-hydrogen) atoms. The maximum absolute atomic E-state index is 9.38. The van der Waals surface area contributed by atoms with Crippen molar-refractivity contribution in [2.24, 2.45) is 7.05 Å². The minimum Gasteiger partial charge on any atom is -0.389 e. The van der Waals surface area contributed by atoms with E-state index >= 15 is 0 Å². The molecule has 1 unspecified atom stereocenters. The quantitative estimate of drug-likeness (QED) is 0.884. The van der Waals surface area contributed by atoms with Gasteiger partial charge < -0.3 is 5.11 Å². The third-order valence-corrected chi connectivity index (χ3v) is 3.30. The predicted octanol–water partition coefficient (Wildman–Crippen LogP) is 2.02. The maximum atomic E-state index is 9.38. The molecular formula is C11H13N3OS.